The smallest absolute Gasteiger partial charge is 0.410 e. The normalized spacial score (nSPS) is 19.1. The molecule has 5 nitrogen and oxygen atoms in total. The van der Waals surface area contributed by atoms with E-state index in [4.69, 9.17) is 9.84 Å². The summed E-state index contributed by atoms with van der Waals surface area (Å²) in [6, 6.07) is 0. The van der Waals surface area contributed by atoms with Gasteiger partial charge in [0.05, 0.1) is 5.92 Å². The van der Waals surface area contributed by atoms with E-state index < -0.39 is 11.6 Å². The van der Waals surface area contributed by atoms with Crippen molar-refractivity contribution in [3.63, 3.8) is 0 Å². The van der Waals surface area contributed by atoms with Crippen molar-refractivity contribution in [2.24, 2.45) is 11.8 Å². The first-order valence-electron chi connectivity index (χ1n) is 6.90. The first kappa shape index (κ1) is 15.8. The van der Waals surface area contributed by atoms with Crippen LogP contribution in [0.1, 0.15) is 47.0 Å². The number of likely N-dealkylation sites (tertiary alicyclic amines) is 1. The van der Waals surface area contributed by atoms with Gasteiger partial charge >= 0.3 is 12.1 Å². The molecule has 0 unspecified atom stereocenters. The molecule has 1 saturated heterocycles. The first-order chi connectivity index (χ1) is 8.69. The largest absolute Gasteiger partial charge is 0.481 e. The SMILES string of the molecule is C[C@@H](CC1CCN(C(=O)OC(C)(C)C)CC1)C(=O)O. The van der Waals surface area contributed by atoms with Gasteiger partial charge in [0.1, 0.15) is 5.60 Å². The maximum atomic E-state index is 11.9. The number of hydrogen-bond acceptors (Lipinski definition) is 3. The highest BCUT2D eigenvalue weighted by Crippen LogP contribution is 2.25. The van der Waals surface area contributed by atoms with Crippen LogP contribution in [0.15, 0.2) is 0 Å². The van der Waals surface area contributed by atoms with E-state index in [1.54, 1.807) is 11.8 Å². The van der Waals surface area contributed by atoms with Gasteiger partial charge in [-0.2, -0.15) is 0 Å². The number of piperidine rings is 1. The van der Waals surface area contributed by atoms with Crippen molar-refractivity contribution in [2.45, 2.75) is 52.6 Å². The van der Waals surface area contributed by atoms with Gasteiger partial charge in [-0.3, -0.25) is 4.79 Å². The van der Waals surface area contributed by atoms with E-state index in [0.29, 0.717) is 25.4 Å². The molecule has 0 saturated carbocycles. The zero-order chi connectivity index (χ0) is 14.6. The molecule has 1 heterocycles. The Kier molecular flexibility index (Phi) is 5.20. The van der Waals surface area contributed by atoms with Gasteiger partial charge in [-0.05, 0) is 46.0 Å². The molecule has 0 aliphatic carbocycles. The van der Waals surface area contributed by atoms with E-state index in [9.17, 15) is 9.59 Å². The molecule has 1 rings (SSSR count). The number of aliphatic carboxylic acids is 1. The molecular weight excluding hydrogens is 246 g/mol. The number of carboxylic acids is 1. The van der Waals surface area contributed by atoms with Gasteiger partial charge in [0.2, 0.25) is 0 Å². The third-order valence-corrected chi connectivity index (χ3v) is 3.37. The van der Waals surface area contributed by atoms with Crippen LogP contribution < -0.4 is 0 Å². The molecule has 1 fully saturated rings. The lowest BCUT2D eigenvalue weighted by Crippen LogP contribution is -2.42. The Balaban J connectivity index is 2.36. The molecule has 0 spiro atoms. The summed E-state index contributed by atoms with van der Waals surface area (Å²) < 4.78 is 5.32. The van der Waals surface area contributed by atoms with E-state index >= 15 is 0 Å². The average Bonchev–Trinajstić information content (AvgIpc) is 2.27. The summed E-state index contributed by atoms with van der Waals surface area (Å²) in [7, 11) is 0. The maximum absolute atomic E-state index is 11.9. The van der Waals surface area contributed by atoms with Crippen molar-refractivity contribution < 1.29 is 19.4 Å². The molecule has 0 aromatic heterocycles. The quantitative estimate of drug-likeness (QED) is 0.857. The van der Waals surface area contributed by atoms with E-state index in [2.05, 4.69) is 0 Å². The number of carboxylic acid groups (broad SMARTS) is 1. The fourth-order valence-electron chi connectivity index (χ4n) is 2.28. The Morgan fingerprint density at radius 3 is 2.26 bits per heavy atom. The van der Waals surface area contributed by atoms with E-state index in [-0.39, 0.29) is 12.0 Å². The molecule has 19 heavy (non-hydrogen) atoms. The topological polar surface area (TPSA) is 66.8 Å². The molecule has 0 bridgehead atoms. The van der Waals surface area contributed by atoms with Crippen LogP contribution in [-0.4, -0.2) is 40.8 Å². The molecule has 0 aromatic carbocycles. The molecule has 1 amide bonds. The zero-order valence-electron chi connectivity index (χ0n) is 12.3. The van der Waals surface area contributed by atoms with Crippen LogP contribution in [0.25, 0.3) is 0 Å². The molecule has 0 aromatic rings. The van der Waals surface area contributed by atoms with Crippen molar-refractivity contribution in [3.05, 3.63) is 0 Å². The molecule has 1 atom stereocenters. The lowest BCUT2D eigenvalue weighted by Gasteiger charge is -2.33. The lowest BCUT2D eigenvalue weighted by molar-refractivity contribution is -0.141. The second-order valence-electron chi connectivity index (χ2n) is 6.39. The standard InChI is InChI=1S/C14H25NO4/c1-10(12(16)17)9-11-5-7-15(8-6-11)13(18)19-14(2,3)4/h10-11H,5-9H2,1-4H3,(H,16,17)/t10-/m0/s1. The van der Waals surface area contributed by atoms with Gasteiger partial charge in [-0.15, -0.1) is 0 Å². The summed E-state index contributed by atoms with van der Waals surface area (Å²) in [5.41, 5.74) is -0.467. The monoisotopic (exact) mass is 271 g/mol. The maximum Gasteiger partial charge on any atom is 0.410 e. The molecule has 0 radical (unpaired) electrons. The van der Waals surface area contributed by atoms with Gasteiger partial charge in [0.15, 0.2) is 0 Å². The number of hydrogen-bond donors (Lipinski definition) is 1. The molecular formula is C14H25NO4. The molecule has 1 aliphatic rings. The second kappa shape index (κ2) is 6.26. The third kappa shape index (κ3) is 5.49. The number of nitrogens with zero attached hydrogens (tertiary/aromatic N) is 1. The van der Waals surface area contributed by atoms with Gasteiger partial charge in [0, 0.05) is 13.1 Å². The Hall–Kier alpha value is -1.26. The summed E-state index contributed by atoms with van der Waals surface area (Å²) >= 11 is 0. The molecule has 5 heteroatoms. The van der Waals surface area contributed by atoms with Crippen LogP contribution in [0, 0.1) is 11.8 Å². The van der Waals surface area contributed by atoms with Crippen molar-refractivity contribution in [2.75, 3.05) is 13.1 Å². The molecule has 1 N–H and O–H groups in total. The highest BCUT2D eigenvalue weighted by Gasteiger charge is 2.28. The zero-order valence-corrected chi connectivity index (χ0v) is 12.3. The fourth-order valence-corrected chi connectivity index (χ4v) is 2.28. The van der Waals surface area contributed by atoms with Gasteiger partial charge in [-0.1, -0.05) is 6.92 Å². The second-order valence-corrected chi connectivity index (χ2v) is 6.39. The Bertz CT molecular complexity index is 327. The predicted molar refractivity (Wildman–Crippen MR) is 71.9 cm³/mol. The van der Waals surface area contributed by atoms with E-state index in [1.165, 1.54) is 0 Å². The van der Waals surface area contributed by atoms with Crippen molar-refractivity contribution in [3.8, 4) is 0 Å². The summed E-state index contributed by atoms with van der Waals surface area (Å²) in [6.45, 7) is 8.62. The molecule has 110 valence electrons. The number of carbonyl (C=O) groups excluding carboxylic acids is 1. The van der Waals surface area contributed by atoms with Crippen molar-refractivity contribution in [1.29, 1.82) is 0 Å². The van der Waals surface area contributed by atoms with Gasteiger partial charge in [0.25, 0.3) is 0 Å². The minimum Gasteiger partial charge on any atom is -0.481 e. The van der Waals surface area contributed by atoms with Crippen LogP contribution in [-0.2, 0) is 9.53 Å². The van der Waals surface area contributed by atoms with Crippen LogP contribution in [0.5, 0.6) is 0 Å². The Morgan fingerprint density at radius 1 is 1.32 bits per heavy atom. The van der Waals surface area contributed by atoms with Gasteiger partial charge in [-0.25, -0.2) is 4.79 Å². The number of amides is 1. The van der Waals surface area contributed by atoms with E-state index in [0.717, 1.165) is 12.8 Å². The van der Waals surface area contributed by atoms with Crippen LogP contribution in [0.2, 0.25) is 0 Å². The first-order valence-corrected chi connectivity index (χ1v) is 6.90. The van der Waals surface area contributed by atoms with Crippen LogP contribution >= 0.6 is 0 Å². The predicted octanol–water partition coefficient (Wildman–Crippen LogP) is 2.74. The average molecular weight is 271 g/mol. The third-order valence-electron chi connectivity index (χ3n) is 3.37. The van der Waals surface area contributed by atoms with Crippen LogP contribution in [0.4, 0.5) is 4.79 Å². The minimum absolute atomic E-state index is 0.266. The minimum atomic E-state index is -0.741. The summed E-state index contributed by atoms with van der Waals surface area (Å²) in [5.74, 6) is -0.655. The van der Waals surface area contributed by atoms with Crippen molar-refractivity contribution >= 4 is 12.1 Å². The van der Waals surface area contributed by atoms with Crippen LogP contribution in [0.3, 0.4) is 0 Å². The van der Waals surface area contributed by atoms with Crippen molar-refractivity contribution in [1.82, 2.24) is 4.90 Å². The number of carbonyl (C=O) groups is 2. The summed E-state index contributed by atoms with van der Waals surface area (Å²) in [4.78, 5) is 24.4. The highest BCUT2D eigenvalue weighted by molar-refractivity contribution is 5.69. The Morgan fingerprint density at radius 2 is 1.84 bits per heavy atom. The lowest BCUT2D eigenvalue weighted by atomic mass is 9.88. The Labute approximate surface area is 114 Å². The molecule has 1 aliphatic heterocycles. The summed E-state index contributed by atoms with van der Waals surface area (Å²) in [6.07, 6.45) is 2.14. The van der Waals surface area contributed by atoms with E-state index in [1.807, 2.05) is 20.8 Å². The summed E-state index contributed by atoms with van der Waals surface area (Å²) in [5, 5.41) is 8.90. The number of rotatable bonds is 3. The number of ether oxygens (including phenoxy) is 1. The fraction of sp³-hybridized carbons (Fsp3) is 0.857. The highest BCUT2D eigenvalue weighted by atomic mass is 16.6. The van der Waals surface area contributed by atoms with Gasteiger partial charge < -0.3 is 14.7 Å².